The van der Waals surface area contributed by atoms with Crippen LogP contribution in [-0.4, -0.2) is 40.8 Å². The van der Waals surface area contributed by atoms with Crippen LogP contribution in [0.4, 0.5) is 4.79 Å². The number of rotatable bonds is 8. The Labute approximate surface area is 201 Å². The van der Waals surface area contributed by atoms with Crippen molar-refractivity contribution >= 4 is 6.09 Å². The molecule has 1 amide bonds. The van der Waals surface area contributed by atoms with E-state index in [0.29, 0.717) is 23.7 Å². The Morgan fingerprint density at radius 1 is 1.06 bits per heavy atom. The van der Waals surface area contributed by atoms with Crippen molar-refractivity contribution in [1.29, 1.82) is 0 Å². The maximum Gasteiger partial charge on any atom is 0.409 e. The minimum Gasteiger partial charge on any atom is -0.489 e. The Hall–Kier alpha value is -3.35. The molecule has 1 aliphatic rings. The fraction of sp³-hybridized carbons (Fsp3) is 0.444. The summed E-state index contributed by atoms with van der Waals surface area (Å²) >= 11 is 0. The molecule has 2 heterocycles. The standard InChI is InChI=1S/C27H33N3O4/c1-19-23(18-32-27(31)30(3)17-16-21-10-6-4-7-11-21)26(34-29-19)24-14-15-25(20(2)28-24)33-22-12-8-5-9-13-22/h4,6-7,10-11,14-15,22H,5,8-9,12-13,16-18H2,1-3H3. The number of carbonyl (C=O) groups is 1. The van der Waals surface area contributed by atoms with E-state index in [0.717, 1.165) is 36.3 Å². The molecule has 0 radical (unpaired) electrons. The quantitative estimate of drug-likeness (QED) is 0.415. The molecule has 0 atom stereocenters. The molecule has 7 heteroatoms. The number of pyridine rings is 1. The van der Waals surface area contributed by atoms with Crippen LogP contribution in [0.25, 0.3) is 11.5 Å². The zero-order valence-corrected chi connectivity index (χ0v) is 20.3. The molecule has 180 valence electrons. The number of hydrogen-bond donors (Lipinski definition) is 0. The van der Waals surface area contributed by atoms with Gasteiger partial charge in [-0.15, -0.1) is 0 Å². The van der Waals surface area contributed by atoms with Gasteiger partial charge in [-0.05, 0) is 63.6 Å². The lowest BCUT2D eigenvalue weighted by atomic mass is 9.98. The van der Waals surface area contributed by atoms with Crippen LogP contribution in [0.5, 0.6) is 5.75 Å². The highest BCUT2D eigenvalue weighted by atomic mass is 16.6. The van der Waals surface area contributed by atoms with Gasteiger partial charge in [-0.3, -0.25) is 0 Å². The second kappa shape index (κ2) is 11.2. The number of aryl methyl sites for hydroxylation is 2. The van der Waals surface area contributed by atoms with Gasteiger partial charge in [0.1, 0.15) is 18.1 Å². The highest BCUT2D eigenvalue weighted by Crippen LogP contribution is 2.30. The second-order valence-corrected chi connectivity index (χ2v) is 8.95. The molecule has 0 bridgehead atoms. The molecule has 1 aromatic carbocycles. The molecule has 2 aromatic heterocycles. The summed E-state index contributed by atoms with van der Waals surface area (Å²) in [5.74, 6) is 1.32. The van der Waals surface area contributed by atoms with Gasteiger partial charge in [0.05, 0.1) is 23.1 Å². The highest BCUT2D eigenvalue weighted by molar-refractivity contribution is 5.68. The van der Waals surface area contributed by atoms with Crippen LogP contribution < -0.4 is 4.74 Å². The van der Waals surface area contributed by atoms with Gasteiger partial charge in [0.15, 0.2) is 5.76 Å². The van der Waals surface area contributed by atoms with Gasteiger partial charge in [0.25, 0.3) is 0 Å². The van der Waals surface area contributed by atoms with E-state index in [1.165, 1.54) is 24.8 Å². The summed E-state index contributed by atoms with van der Waals surface area (Å²) in [7, 11) is 1.74. The Bertz CT molecular complexity index is 1090. The molecule has 0 aliphatic heterocycles. The summed E-state index contributed by atoms with van der Waals surface area (Å²) in [6.45, 7) is 4.41. The third kappa shape index (κ3) is 5.95. The molecule has 0 saturated heterocycles. The second-order valence-electron chi connectivity index (χ2n) is 8.95. The van der Waals surface area contributed by atoms with Gasteiger partial charge in [-0.1, -0.05) is 41.9 Å². The topological polar surface area (TPSA) is 77.7 Å². The predicted octanol–water partition coefficient (Wildman–Crippen LogP) is 5.88. The van der Waals surface area contributed by atoms with Crippen LogP contribution in [0.1, 0.15) is 54.6 Å². The molecule has 1 fully saturated rings. The number of hydrogen-bond acceptors (Lipinski definition) is 6. The van der Waals surface area contributed by atoms with E-state index in [1.54, 1.807) is 11.9 Å². The first kappa shape index (κ1) is 23.8. The third-order valence-electron chi connectivity index (χ3n) is 6.33. The van der Waals surface area contributed by atoms with Gasteiger partial charge < -0.3 is 18.9 Å². The summed E-state index contributed by atoms with van der Waals surface area (Å²) < 4.78 is 17.3. The summed E-state index contributed by atoms with van der Waals surface area (Å²) in [5.41, 5.74) is 4.03. The van der Waals surface area contributed by atoms with E-state index < -0.39 is 0 Å². The molecule has 34 heavy (non-hydrogen) atoms. The van der Waals surface area contributed by atoms with E-state index in [4.69, 9.17) is 19.0 Å². The molecule has 7 nitrogen and oxygen atoms in total. The lowest BCUT2D eigenvalue weighted by Gasteiger charge is -2.23. The summed E-state index contributed by atoms with van der Waals surface area (Å²) in [6, 6.07) is 13.9. The fourth-order valence-electron chi connectivity index (χ4n) is 4.20. The van der Waals surface area contributed by atoms with Gasteiger partial charge in [0, 0.05) is 13.6 Å². The highest BCUT2D eigenvalue weighted by Gasteiger charge is 2.21. The molecule has 3 aromatic rings. The zero-order chi connectivity index (χ0) is 23.9. The Morgan fingerprint density at radius 3 is 2.56 bits per heavy atom. The van der Waals surface area contributed by atoms with Crippen LogP contribution >= 0.6 is 0 Å². The van der Waals surface area contributed by atoms with Crippen LogP contribution in [0.15, 0.2) is 47.0 Å². The predicted molar refractivity (Wildman–Crippen MR) is 130 cm³/mol. The number of benzene rings is 1. The van der Waals surface area contributed by atoms with E-state index in [2.05, 4.69) is 5.16 Å². The van der Waals surface area contributed by atoms with Crippen molar-refractivity contribution < 1.29 is 18.8 Å². The molecular formula is C27H33N3O4. The molecule has 4 rings (SSSR count). The van der Waals surface area contributed by atoms with Crippen molar-refractivity contribution in [2.24, 2.45) is 0 Å². The SMILES string of the molecule is Cc1nc(-c2onc(C)c2COC(=O)N(C)CCc2ccccc2)ccc1OC1CCCCC1. The fourth-order valence-corrected chi connectivity index (χ4v) is 4.20. The zero-order valence-electron chi connectivity index (χ0n) is 20.3. The Kier molecular flexibility index (Phi) is 7.83. The number of ether oxygens (including phenoxy) is 2. The van der Waals surface area contributed by atoms with Crippen LogP contribution in [-0.2, 0) is 17.8 Å². The van der Waals surface area contributed by atoms with Crippen molar-refractivity contribution in [2.45, 2.75) is 65.1 Å². The molecule has 1 saturated carbocycles. The van der Waals surface area contributed by atoms with E-state index in [1.807, 2.05) is 56.3 Å². The van der Waals surface area contributed by atoms with Crippen molar-refractivity contribution in [1.82, 2.24) is 15.0 Å². The van der Waals surface area contributed by atoms with Crippen molar-refractivity contribution in [3.63, 3.8) is 0 Å². The average molecular weight is 464 g/mol. The first-order valence-electron chi connectivity index (χ1n) is 12.0. The summed E-state index contributed by atoms with van der Waals surface area (Å²) in [4.78, 5) is 18.8. The third-order valence-corrected chi connectivity index (χ3v) is 6.33. The Balaban J connectivity index is 1.38. The summed E-state index contributed by atoms with van der Waals surface area (Å²) in [5, 5.41) is 4.09. The van der Waals surface area contributed by atoms with Gasteiger partial charge in [-0.25, -0.2) is 9.78 Å². The number of amides is 1. The van der Waals surface area contributed by atoms with Crippen LogP contribution in [0.2, 0.25) is 0 Å². The number of nitrogens with zero attached hydrogens (tertiary/aromatic N) is 3. The minimum absolute atomic E-state index is 0.0697. The van der Waals surface area contributed by atoms with Crippen molar-refractivity contribution in [3.05, 3.63) is 65.0 Å². The van der Waals surface area contributed by atoms with E-state index in [-0.39, 0.29) is 18.8 Å². The van der Waals surface area contributed by atoms with Gasteiger partial charge in [-0.2, -0.15) is 0 Å². The monoisotopic (exact) mass is 463 g/mol. The number of likely N-dealkylation sites (N-methyl/N-ethyl adjacent to an activating group) is 1. The minimum atomic E-state index is -0.386. The van der Waals surface area contributed by atoms with Crippen LogP contribution in [0.3, 0.4) is 0 Å². The summed E-state index contributed by atoms with van der Waals surface area (Å²) in [6.07, 6.45) is 6.56. The van der Waals surface area contributed by atoms with Gasteiger partial charge in [0.2, 0.25) is 0 Å². The molecule has 0 spiro atoms. The molecule has 0 N–H and O–H groups in total. The lowest BCUT2D eigenvalue weighted by Crippen LogP contribution is -2.29. The number of carbonyl (C=O) groups excluding carboxylic acids is 1. The molecular weight excluding hydrogens is 430 g/mol. The van der Waals surface area contributed by atoms with E-state index >= 15 is 0 Å². The Morgan fingerprint density at radius 2 is 1.82 bits per heavy atom. The first-order valence-corrected chi connectivity index (χ1v) is 12.0. The first-order chi connectivity index (χ1) is 16.5. The normalized spacial score (nSPS) is 14.1. The maximum absolute atomic E-state index is 12.5. The smallest absolute Gasteiger partial charge is 0.409 e. The average Bonchev–Trinajstić information content (AvgIpc) is 3.23. The number of aromatic nitrogens is 2. The van der Waals surface area contributed by atoms with Crippen molar-refractivity contribution in [2.75, 3.05) is 13.6 Å². The van der Waals surface area contributed by atoms with Crippen molar-refractivity contribution in [3.8, 4) is 17.2 Å². The molecule has 1 aliphatic carbocycles. The molecule has 0 unspecified atom stereocenters. The van der Waals surface area contributed by atoms with E-state index in [9.17, 15) is 4.79 Å². The van der Waals surface area contributed by atoms with Gasteiger partial charge >= 0.3 is 6.09 Å². The maximum atomic E-state index is 12.5. The van der Waals surface area contributed by atoms with Crippen LogP contribution in [0, 0.1) is 13.8 Å². The lowest BCUT2D eigenvalue weighted by molar-refractivity contribution is 0.105. The largest absolute Gasteiger partial charge is 0.489 e.